The lowest BCUT2D eigenvalue weighted by Crippen LogP contribution is -1.90. The van der Waals surface area contributed by atoms with Crippen molar-refractivity contribution >= 4 is 44.4 Å². The summed E-state index contributed by atoms with van der Waals surface area (Å²) in [6.07, 6.45) is 15.7. The van der Waals surface area contributed by atoms with Crippen LogP contribution in [0.4, 0.5) is 0 Å². The third kappa shape index (κ3) is 6.87. The third-order valence-electron chi connectivity index (χ3n) is 7.60. The van der Waals surface area contributed by atoms with Gasteiger partial charge in [-0.3, -0.25) is 15.0 Å². The van der Waals surface area contributed by atoms with E-state index in [1.165, 1.54) is 55.3 Å². The molecule has 7 rings (SSSR count). The predicted octanol–water partition coefficient (Wildman–Crippen LogP) is 9.54. The van der Waals surface area contributed by atoms with Gasteiger partial charge < -0.3 is 5.73 Å². The molecule has 7 aromatic rings. The van der Waals surface area contributed by atoms with Crippen molar-refractivity contribution < 1.29 is 0 Å². The van der Waals surface area contributed by atoms with Crippen LogP contribution in [-0.2, 0) is 0 Å². The van der Waals surface area contributed by atoms with E-state index in [1.807, 2.05) is 44.6 Å². The van der Waals surface area contributed by atoms with Crippen LogP contribution < -0.4 is 5.73 Å². The van der Waals surface area contributed by atoms with E-state index in [0.29, 0.717) is 0 Å². The first-order chi connectivity index (χ1) is 22.6. The number of nitrogens with zero attached hydrogens (tertiary/aromatic N) is 5. The summed E-state index contributed by atoms with van der Waals surface area (Å²) in [5, 5.41) is 7.61. The molecular formula is C40H36N6. The van der Waals surface area contributed by atoms with Crippen molar-refractivity contribution in [2.75, 3.05) is 7.05 Å². The zero-order valence-corrected chi connectivity index (χ0v) is 26.3. The van der Waals surface area contributed by atoms with Crippen LogP contribution in [0.2, 0.25) is 0 Å². The van der Waals surface area contributed by atoms with E-state index in [1.54, 1.807) is 31.8 Å². The second kappa shape index (κ2) is 15.1. The molecule has 0 atom stereocenters. The second-order valence-corrected chi connectivity index (χ2v) is 10.5. The molecule has 2 N–H and O–H groups in total. The highest BCUT2D eigenvalue weighted by molar-refractivity contribution is 6.27. The molecule has 0 bridgehead atoms. The molecule has 0 radical (unpaired) electrons. The normalized spacial score (nSPS) is 11.5. The number of allylic oxidation sites excluding steroid dienone is 2. The predicted molar refractivity (Wildman–Crippen MR) is 197 cm³/mol. The SMILES string of the molecule is C=CC(C)=N/C=C\C.CN=CN.c1cncc(-c2ccc(-c3ccc4ccc5c(-c6cncnc6)ccc6ccc3c4c65)cc2)c1. The zero-order chi connectivity index (χ0) is 32.3. The summed E-state index contributed by atoms with van der Waals surface area (Å²) in [4.78, 5) is 20.1. The summed E-state index contributed by atoms with van der Waals surface area (Å²) in [6, 6.07) is 30.7. The van der Waals surface area contributed by atoms with E-state index in [2.05, 4.69) is 110 Å². The van der Waals surface area contributed by atoms with Crippen LogP contribution in [0.3, 0.4) is 0 Å². The molecule has 0 unspecified atom stereocenters. The van der Waals surface area contributed by atoms with Crippen molar-refractivity contribution in [1.29, 1.82) is 0 Å². The molecular weight excluding hydrogens is 564 g/mol. The molecule has 0 saturated heterocycles. The maximum atomic E-state index is 4.74. The fourth-order valence-corrected chi connectivity index (χ4v) is 5.36. The van der Waals surface area contributed by atoms with Crippen LogP contribution in [-0.4, -0.2) is 34.0 Å². The second-order valence-electron chi connectivity index (χ2n) is 10.5. The molecule has 2 aromatic heterocycles. The molecule has 5 aromatic carbocycles. The van der Waals surface area contributed by atoms with E-state index < -0.39 is 0 Å². The number of aromatic nitrogens is 3. The van der Waals surface area contributed by atoms with Crippen molar-refractivity contribution in [3.8, 4) is 33.4 Å². The average Bonchev–Trinajstić information content (AvgIpc) is 3.13. The maximum Gasteiger partial charge on any atom is 0.115 e. The summed E-state index contributed by atoms with van der Waals surface area (Å²) < 4.78 is 0. The summed E-state index contributed by atoms with van der Waals surface area (Å²) in [5.74, 6) is 0. The van der Waals surface area contributed by atoms with Gasteiger partial charge in [0.25, 0.3) is 0 Å². The van der Waals surface area contributed by atoms with Crippen LogP contribution in [0.15, 0.2) is 151 Å². The molecule has 6 nitrogen and oxygen atoms in total. The molecule has 0 aliphatic heterocycles. The van der Waals surface area contributed by atoms with Gasteiger partial charge in [-0.1, -0.05) is 91.5 Å². The van der Waals surface area contributed by atoms with Crippen molar-refractivity contribution in [3.05, 3.63) is 141 Å². The van der Waals surface area contributed by atoms with Gasteiger partial charge >= 0.3 is 0 Å². The molecule has 0 aliphatic rings. The van der Waals surface area contributed by atoms with E-state index in [-0.39, 0.29) is 0 Å². The van der Waals surface area contributed by atoms with Gasteiger partial charge in [0, 0.05) is 49.3 Å². The minimum Gasteiger partial charge on any atom is -0.390 e. The van der Waals surface area contributed by atoms with Gasteiger partial charge in [0.15, 0.2) is 0 Å². The number of benzene rings is 5. The first-order valence-electron chi connectivity index (χ1n) is 15.0. The molecule has 0 amide bonds. The van der Waals surface area contributed by atoms with Crippen LogP contribution in [0.25, 0.3) is 65.7 Å². The van der Waals surface area contributed by atoms with Crippen LogP contribution >= 0.6 is 0 Å². The summed E-state index contributed by atoms with van der Waals surface area (Å²) in [7, 11) is 1.62. The Morgan fingerprint density at radius 1 is 0.696 bits per heavy atom. The lowest BCUT2D eigenvalue weighted by molar-refractivity contribution is 1.17. The molecule has 0 fully saturated rings. The van der Waals surface area contributed by atoms with Gasteiger partial charge in [-0.2, -0.15) is 0 Å². The molecule has 2 heterocycles. The zero-order valence-electron chi connectivity index (χ0n) is 26.3. The summed E-state index contributed by atoms with van der Waals surface area (Å²) in [5.41, 5.74) is 12.6. The van der Waals surface area contributed by atoms with Gasteiger partial charge in [0.1, 0.15) is 6.33 Å². The smallest absolute Gasteiger partial charge is 0.115 e. The number of aliphatic imine (C=N–C) groups is 2. The molecule has 46 heavy (non-hydrogen) atoms. The molecule has 0 saturated carbocycles. The largest absolute Gasteiger partial charge is 0.390 e. The number of hydrogen-bond donors (Lipinski definition) is 1. The Morgan fingerprint density at radius 3 is 1.76 bits per heavy atom. The Balaban J connectivity index is 0.000000299. The van der Waals surface area contributed by atoms with Crippen LogP contribution in [0, 0.1) is 0 Å². The minimum atomic E-state index is 0.947. The Hall–Kier alpha value is -6.01. The van der Waals surface area contributed by atoms with Gasteiger partial charge in [-0.25, -0.2) is 9.97 Å². The molecule has 6 heteroatoms. The highest BCUT2D eigenvalue weighted by atomic mass is 14.8. The number of hydrogen-bond acceptors (Lipinski definition) is 5. The Kier molecular flexibility index (Phi) is 10.3. The van der Waals surface area contributed by atoms with Gasteiger partial charge in [0.2, 0.25) is 0 Å². The first-order valence-corrected chi connectivity index (χ1v) is 15.0. The maximum absolute atomic E-state index is 4.74. The number of rotatable bonds is 5. The van der Waals surface area contributed by atoms with Crippen LogP contribution in [0.1, 0.15) is 13.8 Å². The summed E-state index contributed by atoms with van der Waals surface area (Å²) in [6.45, 7) is 7.39. The highest BCUT2D eigenvalue weighted by Gasteiger charge is 2.15. The Bertz CT molecular complexity index is 2130. The van der Waals surface area contributed by atoms with Gasteiger partial charge in [0.05, 0.1) is 6.34 Å². The van der Waals surface area contributed by atoms with Crippen molar-refractivity contribution in [2.24, 2.45) is 15.7 Å². The quantitative estimate of drug-likeness (QED) is 0.121. The topological polar surface area (TPSA) is 89.4 Å². The van der Waals surface area contributed by atoms with Crippen molar-refractivity contribution in [3.63, 3.8) is 0 Å². The minimum absolute atomic E-state index is 0.947. The number of nitrogens with two attached hydrogens (primary N) is 1. The van der Waals surface area contributed by atoms with Crippen LogP contribution in [0.5, 0.6) is 0 Å². The lowest BCUT2D eigenvalue weighted by Gasteiger charge is -2.16. The molecule has 0 spiro atoms. The molecule has 226 valence electrons. The van der Waals surface area contributed by atoms with E-state index in [4.69, 9.17) is 5.73 Å². The fourth-order valence-electron chi connectivity index (χ4n) is 5.36. The standard InChI is InChI=1S/C31H19N3.C7H11N.C2H6N2/c1-2-24(16-32-15-1)20-3-5-21(6-4-20)26-11-7-22-10-14-29-27(25-17-33-19-34-18-25)12-8-23-9-13-28(26)30(22)31(23)29;1-4-6-8-7(3)5-2;1-4-2-3/h1-19H;4-6H,2H2,1,3H3;2H,1H3,(H2,3,4)/b;6-4-,8-7?;. The average molecular weight is 601 g/mol. The van der Waals surface area contributed by atoms with Crippen molar-refractivity contribution in [1.82, 2.24) is 15.0 Å². The van der Waals surface area contributed by atoms with E-state index in [9.17, 15) is 0 Å². The molecule has 0 aliphatic carbocycles. The highest BCUT2D eigenvalue weighted by Crippen LogP contribution is 2.42. The fraction of sp³-hybridized carbons (Fsp3) is 0.0750. The van der Waals surface area contributed by atoms with E-state index in [0.717, 1.165) is 22.4 Å². The van der Waals surface area contributed by atoms with Gasteiger partial charge in [-0.05, 0) is 86.1 Å². The first kappa shape index (κ1) is 31.4. The lowest BCUT2D eigenvalue weighted by atomic mass is 9.87. The monoisotopic (exact) mass is 600 g/mol. The Labute approximate surface area is 269 Å². The van der Waals surface area contributed by atoms with E-state index >= 15 is 0 Å². The Morgan fingerprint density at radius 2 is 1.24 bits per heavy atom. The summed E-state index contributed by atoms with van der Waals surface area (Å²) >= 11 is 0. The third-order valence-corrected chi connectivity index (χ3v) is 7.60. The number of pyridine rings is 1. The van der Waals surface area contributed by atoms with Crippen molar-refractivity contribution in [2.45, 2.75) is 13.8 Å². The van der Waals surface area contributed by atoms with Gasteiger partial charge in [-0.15, -0.1) is 0 Å².